The summed E-state index contributed by atoms with van der Waals surface area (Å²) in [5, 5.41) is 14.2. The lowest BCUT2D eigenvalue weighted by Gasteiger charge is -2.28. The van der Waals surface area contributed by atoms with E-state index in [1.807, 2.05) is 0 Å². The molecule has 9 nitrogen and oxygen atoms in total. The summed E-state index contributed by atoms with van der Waals surface area (Å²) < 4.78 is 18.5. The van der Waals surface area contributed by atoms with Gasteiger partial charge in [-0.2, -0.15) is 0 Å². The molecule has 0 saturated carbocycles. The van der Waals surface area contributed by atoms with E-state index >= 15 is 0 Å². The number of esters is 1. The summed E-state index contributed by atoms with van der Waals surface area (Å²) in [6.45, 7) is 1.68. The minimum absolute atomic E-state index is 0.00577. The third-order valence-electron chi connectivity index (χ3n) is 5.35. The van der Waals surface area contributed by atoms with Gasteiger partial charge in [0, 0.05) is 23.6 Å². The maximum absolute atomic E-state index is 13.5. The Bertz CT molecular complexity index is 1350. The molecule has 1 aliphatic rings. The number of nitro groups is 1. The Kier molecular flexibility index (Phi) is 6.46. The normalized spacial score (nSPS) is 14.9. The van der Waals surface area contributed by atoms with E-state index in [-0.39, 0.29) is 22.6 Å². The number of fused-ring (bicyclic) bond motifs is 1. The van der Waals surface area contributed by atoms with Gasteiger partial charge in [-0.05, 0) is 30.2 Å². The standard InChI is InChI=1S/C23H19FN4O5S/c1-12-17(22(30)33-2)18(14-5-7-15(24)8-6-14)19-20(25-12)26-23(27-21(19)29)34-11-13-3-9-16(10-4-13)28(31)32/h3-10,18H,11H2,1-2H3,(H2,25,26,27,29)/t18-/m0/s1. The van der Waals surface area contributed by atoms with Crippen molar-refractivity contribution in [2.24, 2.45) is 0 Å². The molecule has 0 bridgehead atoms. The van der Waals surface area contributed by atoms with Crippen molar-refractivity contribution < 1.29 is 18.8 Å². The van der Waals surface area contributed by atoms with E-state index in [4.69, 9.17) is 4.74 Å². The monoisotopic (exact) mass is 482 g/mol. The molecule has 0 unspecified atom stereocenters. The van der Waals surface area contributed by atoms with Crippen molar-refractivity contribution in [2.45, 2.75) is 23.8 Å². The second-order valence-electron chi connectivity index (χ2n) is 7.49. The molecular formula is C23H19FN4O5S. The molecule has 0 spiro atoms. The van der Waals surface area contributed by atoms with E-state index in [0.717, 1.165) is 5.56 Å². The fourth-order valence-corrected chi connectivity index (χ4v) is 4.55. The molecule has 0 saturated heterocycles. The molecule has 174 valence electrons. The van der Waals surface area contributed by atoms with Crippen molar-refractivity contribution in [1.29, 1.82) is 0 Å². The zero-order chi connectivity index (χ0) is 24.4. The smallest absolute Gasteiger partial charge is 0.336 e. The van der Waals surface area contributed by atoms with Crippen LogP contribution in [0.3, 0.4) is 0 Å². The number of nitro benzene ring substituents is 1. The third kappa shape index (κ3) is 4.55. The van der Waals surface area contributed by atoms with E-state index in [1.54, 1.807) is 19.1 Å². The van der Waals surface area contributed by atoms with Gasteiger partial charge in [0.2, 0.25) is 0 Å². The molecular weight excluding hydrogens is 463 g/mol. The van der Waals surface area contributed by atoms with Gasteiger partial charge < -0.3 is 15.0 Å². The van der Waals surface area contributed by atoms with Crippen LogP contribution in [0.25, 0.3) is 0 Å². The Morgan fingerprint density at radius 1 is 1.21 bits per heavy atom. The maximum Gasteiger partial charge on any atom is 0.336 e. The second kappa shape index (κ2) is 9.48. The SMILES string of the molecule is COC(=O)C1=C(C)Nc2nc(SCc3ccc([N+](=O)[O-])cc3)[nH]c(=O)c2[C@H]1c1ccc(F)cc1. The number of aromatic nitrogens is 2. The number of aromatic amines is 1. The van der Waals surface area contributed by atoms with Crippen LogP contribution >= 0.6 is 11.8 Å². The molecule has 11 heteroatoms. The average molecular weight is 482 g/mol. The average Bonchev–Trinajstić information content (AvgIpc) is 2.82. The highest BCUT2D eigenvalue weighted by molar-refractivity contribution is 7.98. The Morgan fingerprint density at radius 3 is 2.50 bits per heavy atom. The number of hydrogen-bond acceptors (Lipinski definition) is 8. The first-order valence-electron chi connectivity index (χ1n) is 10.1. The number of nitrogens with zero attached hydrogens (tertiary/aromatic N) is 2. The number of hydrogen-bond donors (Lipinski definition) is 2. The quantitative estimate of drug-likeness (QED) is 0.177. The van der Waals surface area contributed by atoms with Crippen LogP contribution in [0.1, 0.15) is 29.5 Å². The van der Waals surface area contributed by atoms with Crippen LogP contribution in [0, 0.1) is 15.9 Å². The number of allylic oxidation sites excluding steroid dienone is 1. The highest BCUT2D eigenvalue weighted by Gasteiger charge is 2.36. The Hall–Kier alpha value is -3.99. The van der Waals surface area contributed by atoms with Crippen molar-refractivity contribution in [3.63, 3.8) is 0 Å². The molecule has 1 aliphatic heterocycles. The van der Waals surface area contributed by atoms with Crippen molar-refractivity contribution in [2.75, 3.05) is 12.4 Å². The number of anilines is 1. The molecule has 0 aliphatic carbocycles. The number of carbonyl (C=O) groups excluding carboxylic acids is 1. The third-order valence-corrected chi connectivity index (χ3v) is 6.30. The first kappa shape index (κ1) is 23.2. The molecule has 1 aromatic heterocycles. The van der Waals surface area contributed by atoms with E-state index in [0.29, 0.717) is 22.2 Å². The summed E-state index contributed by atoms with van der Waals surface area (Å²) in [6, 6.07) is 11.7. The first-order chi connectivity index (χ1) is 16.3. The number of ether oxygens (including phenoxy) is 1. The number of nitrogens with one attached hydrogen (secondary N) is 2. The topological polar surface area (TPSA) is 127 Å². The van der Waals surface area contributed by atoms with Gasteiger partial charge in [-0.3, -0.25) is 14.9 Å². The Morgan fingerprint density at radius 2 is 1.88 bits per heavy atom. The molecule has 4 rings (SSSR count). The van der Waals surface area contributed by atoms with Crippen molar-refractivity contribution in [3.8, 4) is 0 Å². The molecule has 0 radical (unpaired) electrons. The van der Waals surface area contributed by atoms with Gasteiger partial charge in [0.05, 0.1) is 29.1 Å². The van der Waals surface area contributed by atoms with Crippen LogP contribution in [-0.4, -0.2) is 28.0 Å². The molecule has 1 atom stereocenters. The molecule has 3 aromatic rings. The number of methoxy groups -OCH3 is 1. The van der Waals surface area contributed by atoms with Crippen molar-refractivity contribution in [1.82, 2.24) is 9.97 Å². The fraction of sp³-hybridized carbons (Fsp3) is 0.174. The number of non-ortho nitro benzene ring substituents is 1. The highest BCUT2D eigenvalue weighted by Crippen LogP contribution is 2.40. The number of rotatable bonds is 6. The van der Waals surface area contributed by atoms with Gasteiger partial charge in [0.25, 0.3) is 11.2 Å². The molecule has 0 fully saturated rings. The van der Waals surface area contributed by atoms with Gasteiger partial charge in [-0.25, -0.2) is 14.2 Å². The maximum atomic E-state index is 13.5. The number of benzene rings is 2. The van der Waals surface area contributed by atoms with Gasteiger partial charge in [0.15, 0.2) is 5.16 Å². The number of H-pyrrole nitrogens is 1. The summed E-state index contributed by atoms with van der Waals surface area (Å²) in [6.07, 6.45) is 0. The minimum atomic E-state index is -0.797. The predicted octanol–water partition coefficient (Wildman–Crippen LogP) is 4.11. The Balaban J connectivity index is 1.69. The lowest BCUT2D eigenvalue weighted by atomic mass is 9.82. The molecule has 2 heterocycles. The zero-order valence-corrected chi connectivity index (χ0v) is 18.9. The molecule has 0 amide bonds. The minimum Gasteiger partial charge on any atom is -0.466 e. The van der Waals surface area contributed by atoms with Gasteiger partial charge in [0.1, 0.15) is 11.6 Å². The number of halogens is 1. The summed E-state index contributed by atoms with van der Waals surface area (Å²) in [4.78, 5) is 43.3. The van der Waals surface area contributed by atoms with E-state index in [2.05, 4.69) is 15.3 Å². The summed E-state index contributed by atoms with van der Waals surface area (Å²) >= 11 is 1.25. The largest absolute Gasteiger partial charge is 0.466 e. The van der Waals surface area contributed by atoms with Gasteiger partial charge in [-0.1, -0.05) is 36.0 Å². The van der Waals surface area contributed by atoms with Crippen LogP contribution in [0.4, 0.5) is 15.9 Å². The predicted molar refractivity (Wildman–Crippen MR) is 124 cm³/mol. The van der Waals surface area contributed by atoms with Crippen LogP contribution < -0.4 is 10.9 Å². The lowest BCUT2D eigenvalue weighted by molar-refractivity contribution is -0.384. The van der Waals surface area contributed by atoms with Crippen LogP contribution in [0.5, 0.6) is 0 Å². The summed E-state index contributed by atoms with van der Waals surface area (Å²) in [7, 11) is 1.25. The highest BCUT2D eigenvalue weighted by atomic mass is 32.2. The van der Waals surface area contributed by atoms with Gasteiger partial charge in [-0.15, -0.1) is 0 Å². The molecule has 2 N–H and O–H groups in total. The van der Waals surface area contributed by atoms with Crippen LogP contribution in [0.2, 0.25) is 0 Å². The van der Waals surface area contributed by atoms with E-state index in [9.17, 15) is 24.1 Å². The van der Waals surface area contributed by atoms with Crippen LogP contribution in [0.15, 0.2) is 69.8 Å². The summed E-state index contributed by atoms with van der Waals surface area (Å²) in [5.41, 5.74) is 1.83. The lowest BCUT2D eigenvalue weighted by Crippen LogP contribution is -2.31. The molecule has 2 aromatic carbocycles. The van der Waals surface area contributed by atoms with Crippen molar-refractivity contribution in [3.05, 3.63) is 103 Å². The first-order valence-corrected chi connectivity index (χ1v) is 11.1. The zero-order valence-electron chi connectivity index (χ0n) is 18.1. The van der Waals surface area contributed by atoms with E-state index in [1.165, 1.54) is 55.3 Å². The number of thioether (sulfide) groups is 1. The molecule has 34 heavy (non-hydrogen) atoms. The Labute approximate surface area is 197 Å². The fourth-order valence-electron chi connectivity index (χ4n) is 3.73. The number of carbonyl (C=O) groups is 1. The second-order valence-corrected chi connectivity index (χ2v) is 8.45. The van der Waals surface area contributed by atoms with Crippen LogP contribution in [-0.2, 0) is 15.3 Å². The summed E-state index contributed by atoms with van der Waals surface area (Å²) in [5.74, 6) is -1.14. The van der Waals surface area contributed by atoms with Crippen molar-refractivity contribution >= 4 is 29.2 Å². The van der Waals surface area contributed by atoms with E-state index < -0.39 is 28.2 Å². The van der Waals surface area contributed by atoms with Gasteiger partial charge >= 0.3 is 5.97 Å².